The van der Waals surface area contributed by atoms with Crippen molar-refractivity contribution in [1.82, 2.24) is 4.98 Å². The van der Waals surface area contributed by atoms with Gasteiger partial charge in [0.2, 0.25) is 0 Å². The van der Waals surface area contributed by atoms with E-state index in [2.05, 4.69) is 4.98 Å². The summed E-state index contributed by atoms with van der Waals surface area (Å²) in [4.78, 5) is 13.7. The van der Waals surface area contributed by atoms with Gasteiger partial charge in [-0.3, -0.25) is 4.79 Å². The van der Waals surface area contributed by atoms with E-state index in [0.29, 0.717) is 6.29 Å². The van der Waals surface area contributed by atoms with Crippen molar-refractivity contribution in [2.45, 2.75) is 6.43 Å². The number of pyridine rings is 1. The summed E-state index contributed by atoms with van der Waals surface area (Å²) in [6, 6.07) is 2.63. The summed E-state index contributed by atoms with van der Waals surface area (Å²) in [6.07, 6.45) is -2.59. The van der Waals surface area contributed by atoms with Gasteiger partial charge in [0, 0.05) is 5.56 Å². The van der Waals surface area contributed by atoms with Gasteiger partial charge >= 0.3 is 0 Å². The molecular formula is C8H5F2N3O. The molecule has 6 heteroatoms. The third kappa shape index (κ3) is 1.66. The molecule has 0 spiro atoms. The third-order valence-electron chi connectivity index (χ3n) is 1.57. The van der Waals surface area contributed by atoms with Crippen molar-refractivity contribution in [3.05, 3.63) is 23.0 Å². The highest BCUT2D eigenvalue weighted by atomic mass is 19.3. The third-order valence-corrected chi connectivity index (χ3v) is 1.57. The van der Waals surface area contributed by atoms with Crippen LogP contribution in [0.4, 0.5) is 14.5 Å². The van der Waals surface area contributed by atoms with E-state index in [4.69, 9.17) is 11.0 Å². The van der Waals surface area contributed by atoms with Crippen LogP contribution in [0.25, 0.3) is 0 Å². The molecule has 0 radical (unpaired) electrons. The molecule has 0 aromatic carbocycles. The Hall–Kier alpha value is -2.03. The summed E-state index contributed by atoms with van der Waals surface area (Å²) < 4.78 is 24.6. The fraction of sp³-hybridized carbons (Fsp3) is 0.125. The smallest absolute Gasteiger partial charge is 0.282 e. The molecule has 0 saturated carbocycles. The highest BCUT2D eigenvalue weighted by Crippen LogP contribution is 2.25. The number of aldehydes is 1. The maximum atomic E-state index is 12.3. The summed E-state index contributed by atoms with van der Waals surface area (Å²) in [5, 5.41) is 8.44. The number of nitriles is 1. The van der Waals surface area contributed by atoms with Crippen molar-refractivity contribution in [2.24, 2.45) is 0 Å². The molecule has 1 aromatic rings. The second kappa shape index (κ2) is 3.79. The Morgan fingerprint density at radius 3 is 2.71 bits per heavy atom. The summed E-state index contributed by atoms with van der Waals surface area (Å²) >= 11 is 0. The molecule has 0 bridgehead atoms. The first kappa shape index (κ1) is 10.1. The van der Waals surface area contributed by atoms with E-state index in [0.717, 1.165) is 6.07 Å². The molecule has 1 heterocycles. The maximum Gasteiger partial charge on any atom is 0.282 e. The van der Waals surface area contributed by atoms with Gasteiger partial charge in [0.15, 0.2) is 6.29 Å². The van der Waals surface area contributed by atoms with Crippen LogP contribution in [0.15, 0.2) is 6.07 Å². The van der Waals surface area contributed by atoms with Gasteiger partial charge in [0.1, 0.15) is 17.5 Å². The lowest BCUT2D eigenvalue weighted by molar-refractivity contribution is 0.112. The first-order valence-electron chi connectivity index (χ1n) is 3.54. The first-order valence-corrected chi connectivity index (χ1v) is 3.54. The van der Waals surface area contributed by atoms with E-state index in [1.165, 1.54) is 0 Å². The quantitative estimate of drug-likeness (QED) is 0.724. The SMILES string of the molecule is N#Cc1cc(C=O)c(N)c(C(F)F)n1. The predicted molar refractivity (Wildman–Crippen MR) is 43.7 cm³/mol. The number of nitrogens with two attached hydrogens (primary N) is 1. The number of carbonyl (C=O) groups is 1. The van der Waals surface area contributed by atoms with Gasteiger partial charge in [-0.15, -0.1) is 0 Å². The van der Waals surface area contributed by atoms with Crippen molar-refractivity contribution >= 4 is 12.0 Å². The number of nitrogens with zero attached hydrogens (tertiary/aromatic N) is 2. The zero-order valence-corrected chi connectivity index (χ0v) is 6.87. The van der Waals surface area contributed by atoms with Crippen LogP contribution in [0.5, 0.6) is 0 Å². The summed E-state index contributed by atoms with van der Waals surface area (Å²) in [5.41, 5.74) is 3.72. The van der Waals surface area contributed by atoms with E-state index in [-0.39, 0.29) is 16.9 Å². The van der Waals surface area contributed by atoms with Crippen molar-refractivity contribution in [1.29, 1.82) is 5.26 Å². The minimum atomic E-state index is -2.90. The molecule has 0 aliphatic rings. The summed E-state index contributed by atoms with van der Waals surface area (Å²) in [7, 11) is 0. The zero-order valence-electron chi connectivity index (χ0n) is 6.87. The minimum absolute atomic E-state index is 0.146. The highest BCUT2D eigenvalue weighted by Gasteiger charge is 2.17. The van der Waals surface area contributed by atoms with Crippen LogP contribution < -0.4 is 5.73 Å². The van der Waals surface area contributed by atoms with E-state index in [1.807, 2.05) is 0 Å². The Morgan fingerprint density at radius 1 is 1.64 bits per heavy atom. The van der Waals surface area contributed by atoms with Crippen LogP contribution in [-0.2, 0) is 0 Å². The molecule has 0 amide bonds. The van der Waals surface area contributed by atoms with E-state index in [1.54, 1.807) is 6.07 Å². The Kier molecular flexibility index (Phi) is 2.72. The molecule has 0 saturated heterocycles. The number of carbonyl (C=O) groups excluding carboxylic acids is 1. The molecule has 0 atom stereocenters. The highest BCUT2D eigenvalue weighted by molar-refractivity contribution is 5.84. The zero-order chi connectivity index (χ0) is 10.7. The number of hydrogen-bond acceptors (Lipinski definition) is 4. The molecule has 2 N–H and O–H groups in total. The second-order valence-corrected chi connectivity index (χ2v) is 2.43. The molecule has 72 valence electrons. The molecule has 1 aromatic heterocycles. The van der Waals surface area contributed by atoms with E-state index < -0.39 is 12.1 Å². The van der Waals surface area contributed by atoms with Gasteiger partial charge < -0.3 is 5.73 Å². The van der Waals surface area contributed by atoms with Crippen molar-refractivity contribution < 1.29 is 13.6 Å². The van der Waals surface area contributed by atoms with Gasteiger partial charge in [0.05, 0.1) is 5.69 Å². The van der Waals surface area contributed by atoms with Gasteiger partial charge in [-0.25, -0.2) is 13.8 Å². The molecule has 4 nitrogen and oxygen atoms in total. The Balaban J connectivity index is 3.43. The molecule has 0 aliphatic carbocycles. The monoisotopic (exact) mass is 197 g/mol. The van der Waals surface area contributed by atoms with Gasteiger partial charge in [-0.1, -0.05) is 0 Å². The molecule has 1 rings (SSSR count). The van der Waals surface area contributed by atoms with Crippen molar-refractivity contribution in [3.8, 4) is 6.07 Å². The standard InChI is InChI=1S/C8H5F2N3O/c9-8(10)7-6(12)4(3-14)1-5(2-11)13-7/h1,3,8H,12H2. The van der Waals surface area contributed by atoms with Crippen molar-refractivity contribution in [2.75, 3.05) is 5.73 Å². The van der Waals surface area contributed by atoms with Gasteiger partial charge in [-0.2, -0.15) is 5.26 Å². The molecule has 0 aliphatic heterocycles. The molecule has 0 unspecified atom stereocenters. The number of rotatable bonds is 2. The summed E-state index contributed by atoms with van der Waals surface area (Å²) in [6.45, 7) is 0. The van der Waals surface area contributed by atoms with E-state index >= 15 is 0 Å². The van der Waals surface area contributed by atoms with Gasteiger partial charge in [0.25, 0.3) is 6.43 Å². The largest absolute Gasteiger partial charge is 0.396 e. The van der Waals surface area contributed by atoms with Crippen LogP contribution in [0, 0.1) is 11.3 Å². The number of halogens is 2. The second-order valence-electron chi connectivity index (χ2n) is 2.43. The summed E-state index contributed by atoms with van der Waals surface area (Å²) in [5.74, 6) is 0. The Morgan fingerprint density at radius 2 is 2.29 bits per heavy atom. The van der Waals surface area contributed by atoms with Crippen LogP contribution in [0.2, 0.25) is 0 Å². The number of hydrogen-bond donors (Lipinski definition) is 1. The average molecular weight is 197 g/mol. The lowest BCUT2D eigenvalue weighted by Crippen LogP contribution is -2.04. The lowest BCUT2D eigenvalue weighted by atomic mass is 10.1. The first-order chi connectivity index (χ1) is 6.60. The Labute approximate surface area is 78.0 Å². The fourth-order valence-corrected chi connectivity index (χ4v) is 0.916. The maximum absolute atomic E-state index is 12.3. The lowest BCUT2D eigenvalue weighted by Gasteiger charge is -2.05. The number of anilines is 1. The number of aromatic nitrogens is 1. The van der Waals surface area contributed by atoms with Crippen LogP contribution in [0.3, 0.4) is 0 Å². The molecule has 14 heavy (non-hydrogen) atoms. The normalized spacial score (nSPS) is 9.86. The Bertz CT molecular complexity index is 412. The number of nitrogen functional groups attached to an aromatic ring is 1. The van der Waals surface area contributed by atoms with Crippen LogP contribution in [0.1, 0.15) is 28.2 Å². The molecule has 0 fully saturated rings. The average Bonchev–Trinajstić information content (AvgIpc) is 2.17. The van der Waals surface area contributed by atoms with Crippen LogP contribution >= 0.6 is 0 Å². The van der Waals surface area contributed by atoms with Crippen molar-refractivity contribution in [3.63, 3.8) is 0 Å². The van der Waals surface area contributed by atoms with Crippen LogP contribution in [-0.4, -0.2) is 11.3 Å². The molecular weight excluding hydrogens is 192 g/mol. The van der Waals surface area contributed by atoms with E-state index in [9.17, 15) is 13.6 Å². The number of alkyl halides is 2. The minimum Gasteiger partial charge on any atom is -0.396 e. The van der Waals surface area contributed by atoms with Gasteiger partial charge in [-0.05, 0) is 6.07 Å². The fourth-order valence-electron chi connectivity index (χ4n) is 0.916. The topological polar surface area (TPSA) is 79.8 Å². The predicted octanol–water partition coefficient (Wildman–Crippen LogP) is 1.29.